The normalized spacial score (nSPS) is 21.5. The lowest BCUT2D eigenvalue weighted by Crippen LogP contribution is -2.28. The molecule has 0 amide bonds. The molecule has 0 aliphatic carbocycles. The minimum atomic E-state index is -3.00. The van der Waals surface area contributed by atoms with Gasteiger partial charge in [-0.3, -0.25) is 4.79 Å². The molecule has 9 heteroatoms. The van der Waals surface area contributed by atoms with Gasteiger partial charge in [-0.15, -0.1) is 0 Å². The first-order chi connectivity index (χ1) is 8.93. The second-order valence-corrected chi connectivity index (χ2v) is 6.98. The number of hydrogen-bond acceptors (Lipinski definition) is 6. The number of anilines is 1. The molecule has 1 unspecified atom stereocenters. The lowest BCUT2D eigenvalue weighted by atomic mass is 10.2. The summed E-state index contributed by atoms with van der Waals surface area (Å²) in [6.07, 6.45) is 1.85. The summed E-state index contributed by atoms with van der Waals surface area (Å²) >= 11 is 5.92. The molecule has 1 aromatic heterocycles. The van der Waals surface area contributed by atoms with E-state index in [1.165, 1.54) is 6.20 Å². The van der Waals surface area contributed by atoms with E-state index in [4.69, 9.17) is 16.7 Å². The van der Waals surface area contributed by atoms with Crippen LogP contribution in [0.3, 0.4) is 0 Å². The van der Waals surface area contributed by atoms with Gasteiger partial charge in [-0.05, 0) is 6.42 Å². The SMILES string of the molecule is O=c1c(Cl)c(NC2CCS(=O)(=O)C2)cnn1CCO. The summed E-state index contributed by atoms with van der Waals surface area (Å²) in [6, 6.07) is -0.252. The molecule has 0 bridgehead atoms. The highest BCUT2D eigenvalue weighted by atomic mass is 35.5. The predicted octanol–water partition coefficient (Wildman–Crippen LogP) is -0.512. The summed E-state index contributed by atoms with van der Waals surface area (Å²) < 4.78 is 23.7. The Morgan fingerprint density at radius 1 is 1.58 bits per heavy atom. The number of sulfone groups is 1. The molecule has 7 nitrogen and oxygen atoms in total. The molecule has 2 rings (SSSR count). The van der Waals surface area contributed by atoms with Crippen molar-refractivity contribution in [3.8, 4) is 0 Å². The quantitative estimate of drug-likeness (QED) is 0.777. The molecule has 2 N–H and O–H groups in total. The van der Waals surface area contributed by atoms with E-state index in [0.717, 1.165) is 4.68 Å². The van der Waals surface area contributed by atoms with Gasteiger partial charge in [-0.2, -0.15) is 5.10 Å². The van der Waals surface area contributed by atoms with Crippen molar-refractivity contribution >= 4 is 27.1 Å². The number of hydrogen-bond donors (Lipinski definition) is 2. The fourth-order valence-corrected chi connectivity index (χ4v) is 3.82. The Balaban J connectivity index is 2.18. The lowest BCUT2D eigenvalue weighted by molar-refractivity contribution is 0.266. The van der Waals surface area contributed by atoms with Crippen LogP contribution in [0.25, 0.3) is 0 Å². The maximum absolute atomic E-state index is 11.8. The van der Waals surface area contributed by atoms with Crippen LogP contribution < -0.4 is 10.9 Å². The van der Waals surface area contributed by atoms with Crippen LogP contribution in [-0.2, 0) is 16.4 Å². The van der Waals surface area contributed by atoms with Gasteiger partial charge in [-0.1, -0.05) is 11.6 Å². The Morgan fingerprint density at radius 3 is 2.89 bits per heavy atom. The molecule has 0 saturated carbocycles. The highest BCUT2D eigenvalue weighted by Gasteiger charge is 2.28. The monoisotopic (exact) mass is 307 g/mol. The first-order valence-corrected chi connectivity index (χ1v) is 7.96. The van der Waals surface area contributed by atoms with Crippen LogP contribution >= 0.6 is 11.6 Å². The number of nitrogens with zero attached hydrogens (tertiary/aromatic N) is 2. The number of aromatic nitrogens is 2. The highest BCUT2D eigenvalue weighted by molar-refractivity contribution is 7.91. The van der Waals surface area contributed by atoms with Gasteiger partial charge in [-0.25, -0.2) is 13.1 Å². The Labute approximate surface area is 115 Å². The number of rotatable bonds is 4. The Morgan fingerprint density at radius 2 is 2.32 bits per heavy atom. The largest absolute Gasteiger partial charge is 0.394 e. The Hall–Kier alpha value is -1.12. The van der Waals surface area contributed by atoms with Gasteiger partial charge >= 0.3 is 0 Å². The summed E-state index contributed by atoms with van der Waals surface area (Å²) in [7, 11) is -3.00. The van der Waals surface area contributed by atoms with Crippen molar-refractivity contribution in [2.75, 3.05) is 23.4 Å². The zero-order valence-electron chi connectivity index (χ0n) is 10.0. The van der Waals surface area contributed by atoms with Crippen molar-refractivity contribution in [2.45, 2.75) is 19.0 Å². The third kappa shape index (κ3) is 3.26. The second-order valence-electron chi connectivity index (χ2n) is 4.37. The first kappa shape index (κ1) is 14.3. The van der Waals surface area contributed by atoms with Gasteiger partial charge in [0.1, 0.15) is 5.02 Å². The average molecular weight is 308 g/mol. The zero-order chi connectivity index (χ0) is 14.0. The van der Waals surface area contributed by atoms with Gasteiger partial charge < -0.3 is 10.4 Å². The van der Waals surface area contributed by atoms with E-state index in [2.05, 4.69) is 10.4 Å². The molecule has 1 atom stereocenters. The molecule has 0 aromatic carbocycles. The van der Waals surface area contributed by atoms with E-state index < -0.39 is 15.4 Å². The Bertz CT molecular complexity index is 628. The summed E-state index contributed by atoms with van der Waals surface area (Å²) in [5.41, 5.74) is -0.190. The smallest absolute Gasteiger partial charge is 0.287 e. The van der Waals surface area contributed by atoms with Gasteiger partial charge in [0.25, 0.3) is 5.56 Å². The fourth-order valence-electron chi connectivity index (χ4n) is 1.95. The van der Waals surface area contributed by atoms with Crippen LogP contribution in [0.5, 0.6) is 0 Å². The molecule has 1 fully saturated rings. The third-order valence-corrected chi connectivity index (χ3v) is 5.02. The van der Waals surface area contributed by atoms with Gasteiger partial charge in [0, 0.05) is 6.04 Å². The maximum Gasteiger partial charge on any atom is 0.287 e. The number of aliphatic hydroxyl groups is 1. The van der Waals surface area contributed by atoms with E-state index in [9.17, 15) is 13.2 Å². The maximum atomic E-state index is 11.8. The zero-order valence-corrected chi connectivity index (χ0v) is 11.6. The molecule has 19 heavy (non-hydrogen) atoms. The summed E-state index contributed by atoms with van der Waals surface area (Å²) in [4.78, 5) is 11.8. The summed E-state index contributed by atoms with van der Waals surface area (Å²) in [6.45, 7) is -0.145. The minimum Gasteiger partial charge on any atom is -0.394 e. The van der Waals surface area contributed by atoms with Crippen LogP contribution in [0.15, 0.2) is 11.0 Å². The van der Waals surface area contributed by atoms with Gasteiger partial charge in [0.2, 0.25) is 0 Å². The number of aliphatic hydroxyl groups excluding tert-OH is 1. The molecule has 1 aliphatic heterocycles. The summed E-state index contributed by atoms with van der Waals surface area (Å²) in [5, 5.41) is 15.5. The van der Waals surface area contributed by atoms with Gasteiger partial charge in [0.05, 0.1) is 36.5 Å². The molecule has 1 aliphatic rings. The molecule has 0 spiro atoms. The number of halogens is 1. The third-order valence-electron chi connectivity index (χ3n) is 2.89. The van der Waals surface area contributed by atoms with Crippen LogP contribution in [0.1, 0.15) is 6.42 Å². The summed E-state index contributed by atoms with van der Waals surface area (Å²) in [5.74, 6) is 0.167. The molecule has 2 heterocycles. The van der Waals surface area contributed by atoms with E-state index in [1.54, 1.807) is 0 Å². The first-order valence-electron chi connectivity index (χ1n) is 5.76. The van der Waals surface area contributed by atoms with Crippen LogP contribution in [0, 0.1) is 0 Å². The molecular formula is C10H14ClN3O4S. The lowest BCUT2D eigenvalue weighted by Gasteiger charge is -2.14. The van der Waals surface area contributed by atoms with Crippen LogP contribution in [0.2, 0.25) is 5.02 Å². The topological polar surface area (TPSA) is 101 Å². The fraction of sp³-hybridized carbons (Fsp3) is 0.600. The minimum absolute atomic E-state index is 0.0308. The van der Waals surface area contributed by atoms with Crippen molar-refractivity contribution in [1.82, 2.24) is 9.78 Å². The van der Waals surface area contributed by atoms with Crippen molar-refractivity contribution in [3.05, 3.63) is 21.6 Å². The molecule has 0 radical (unpaired) electrons. The van der Waals surface area contributed by atoms with Crippen molar-refractivity contribution < 1.29 is 13.5 Å². The van der Waals surface area contributed by atoms with Crippen LogP contribution in [-0.4, -0.2) is 47.5 Å². The number of nitrogens with one attached hydrogen (secondary N) is 1. The van der Waals surface area contributed by atoms with E-state index >= 15 is 0 Å². The highest BCUT2D eigenvalue weighted by Crippen LogP contribution is 2.21. The van der Waals surface area contributed by atoms with E-state index in [0.29, 0.717) is 12.1 Å². The van der Waals surface area contributed by atoms with Gasteiger partial charge in [0.15, 0.2) is 9.84 Å². The molecular weight excluding hydrogens is 294 g/mol. The predicted molar refractivity (Wildman–Crippen MR) is 71.3 cm³/mol. The van der Waals surface area contributed by atoms with E-state index in [-0.39, 0.29) is 35.7 Å². The second kappa shape index (κ2) is 5.48. The van der Waals surface area contributed by atoms with Crippen LogP contribution in [0.4, 0.5) is 5.69 Å². The van der Waals surface area contributed by atoms with E-state index in [1.807, 2.05) is 0 Å². The Kier molecular flexibility index (Phi) is 4.12. The average Bonchev–Trinajstić information content (AvgIpc) is 2.69. The van der Waals surface area contributed by atoms with Crippen molar-refractivity contribution in [3.63, 3.8) is 0 Å². The molecule has 1 saturated heterocycles. The molecule has 1 aromatic rings. The molecule has 106 valence electrons. The van der Waals surface area contributed by atoms with Crippen molar-refractivity contribution in [1.29, 1.82) is 0 Å². The van der Waals surface area contributed by atoms with Crippen molar-refractivity contribution in [2.24, 2.45) is 0 Å². The standard InChI is InChI=1S/C10H14ClN3O4S/c11-9-8(5-12-14(2-3-15)10(9)16)13-7-1-4-19(17,18)6-7/h5,7,13,15H,1-4,6H2.